The standard InChI is InChI=1S/C24H29N7OS/c1-17-10-18(14-26-13-17)20-11-22(27-21-6-7-30(2)29-21)28-24-23(20)19(12-25)15-31(24)16-32-8-9-33(3,4)5/h6-7,10-11,13-15H,8-9,16H2,1-5H3,(H,27,28,29). The molecule has 0 unspecified atom stereocenters. The van der Waals surface area contributed by atoms with Gasteiger partial charge in [0.1, 0.15) is 24.3 Å². The molecule has 0 saturated carbocycles. The number of hydrogen-bond donors (Lipinski definition) is 1. The molecule has 4 aromatic rings. The van der Waals surface area contributed by atoms with E-state index in [0.29, 0.717) is 36.2 Å². The lowest BCUT2D eigenvalue weighted by Gasteiger charge is -2.24. The number of aryl methyl sites for hydroxylation is 2. The number of ether oxygens (including phenoxy) is 1. The maximum Gasteiger partial charge on any atom is 0.153 e. The first kappa shape index (κ1) is 22.8. The molecule has 0 aliphatic carbocycles. The Balaban J connectivity index is 1.80. The Morgan fingerprint density at radius 3 is 2.67 bits per heavy atom. The average Bonchev–Trinajstić information content (AvgIpc) is 3.33. The Hall–Kier alpha value is -3.35. The van der Waals surface area contributed by atoms with Gasteiger partial charge in [0.05, 0.1) is 12.2 Å². The lowest BCUT2D eigenvalue weighted by Crippen LogP contribution is -2.10. The van der Waals surface area contributed by atoms with Gasteiger partial charge in [-0.15, -0.1) is 0 Å². The molecule has 0 radical (unpaired) electrons. The summed E-state index contributed by atoms with van der Waals surface area (Å²) in [6.07, 6.45) is 14.1. The van der Waals surface area contributed by atoms with E-state index in [1.807, 2.05) is 55.5 Å². The molecule has 0 aromatic carbocycles. The minimum Gasteiger partial charge on any atom is -0.360 e. The van der Waals surface area contributed by atoms with Crippen LogP contribution in [0.25, 0.3) is 22.2 Å². The van der Waals surface area contributed by atoms with Crippen molar-refractivity contribution in [1.82, 2.24) is 24.3 Å². The zero-order chi connectivity index (χ0) is 23.6. The summed E-state index contributed by atoms with van der Waals surface area (Å²) >= 11 is 0. The number of anilines is 2. The van der Waals surface area contributed by atoms with Gasteiger partial charge in [0, 0.05) is 54.6 Å². The molecule has 8 nitrogen and oxygen atoms in total. The van der Waals surface area contributed by atoms with Gasteiger partial charge < -0.3 is 14.6 Å². The summed E-state index contributed by atoms with van der Waals surface area (Å²) in [5, 5.41) is 18.4. The summed E-state index contributed by atoms with van der Waals surface area (Å²) in [6.45, 7) is 3.00. The largest absolute Gasteiger partial charge is 0.360 e. The zero-order valence-electron chi connectivity index (χ0n) is 19.7. The molecule has 0 aliphatic heterocycles. The van der Waals surface area contributed by atoms with Crippen LogP contribution in [0.1, 0.15) is 11.1 Å². The second kappa shape index (κ2) is 9.25. The molecule has 0 bridgehead atoms. The molecule has 0 aliphatic rings. The molecule has 4 heterocycles. The van der Waals surface area contributed by atoms with E-state index in [0.717, 1.165) is 27.8 Å². The number of rotatable bonds is 8. The number of nitrogens with zero attached hydrogens (tertiary/aromatic N) is 6. The Kier molecular flexibility index (Phi) is 6.40. The minimum absolute atomic E-state index is 0.333. The van der Waals surface area contributed by atoms with Crippen LogP contribution in [0, 0.1) is 18.3 Å². The molecule has 4 rings (SSSR count). The molecule has 9 heteroatoms. The third kappa shape index (κ3) is 5.35. The van der Waals surface area contributed by atoms with Gasteiger partial charge in [-0.2, -0.15) is 10.4 Å². The Labute approximate surface area is 195 Å². The van der Waals surface area contributed by atoms with Crippen molar-refractivity contribution in [2.24, 2.45) is 7.05 Å². The number of hydrogen-bond acceptors (Lipinski definition) is 6. The highest BCUT2D eigenvalue weighted by Crippen LogP contribution is 2.35. The van der Waals surface area contributed by atoms with Crippen molar-refractivity contribution in [2.45, 2.75) is 13.7 Å². The maximum atomic E-state index is 9.89. The Morgan fingerprint density at radius 1 is 1.18 bits per heavy atom. The monoisotopic (exact) mass is 463 g/mol. The fourth-order valence-corrected chi connectivity index (χ4v) is 4.17. The molecule has 1 N–H and O–H groups in total. The van der Waals surface area contributed by atoms with Crippen LogP contribution in [0.2, 0.25) is 0 Å². The van der Waals surface area contributed by atoms with E-state index in [-0.39, 0.29) is 0 Å². The van der Waals surface area contributed by atoms with Gasteiger partial charge in [-0.3, -0.25) is 9.67 Å². The van der Waals surface area contributed by atoms with Crippen molar-refractivity contribution >= 4 is 32.7 Å². The van der Waals surface area contributed by atoms with Crippen LogP contribution in [-0.2, 0) is 18.5 Å². The van der Waals surface area contributed by atoms with Crippen molar-refractivity contribution in [3.8, 4) is 17.2 Å². The van der Waals surface area contributed by atoms with Crippen LogP contribution in [-0.4, -0.2) is 55.4 Å². The van der Waals surface area contributed by atoms with Gasteiger partial charge in [0.25, 0.3) is 0 Å². The van der Waals surface area contributed by atoms with Crippen LogP contribution in [0.15, 0.2) is 43.0 Å². The molecule has 0 spiro atoms. The quantitative estimate of drug-likeness (QED) is 0.389. The molecule has 0 fully saturated rings. The minimum atomic E-state index is -0.635. The Bertz CT molecular complexity index is 1330. The van der Waals surface area contributed by atoms with Crippen molar-refractivity contribution < 1.29 is 4.74 Å². The van der Waals surface area contributed by atoms with Gasteiger partial charge in [-0.1, -0.05) is 0 Å². The number of fused-ring (bicyclic) bond motifs is 1. The molecule has 4 aromatic heterocycles. The summed E-state index contributed by atoms with van der Waals surface area (Å²) in [6, 6.07) is 8.23. The molecule has 172 valence electrons. The average molecular weight is 464 g/mol. The molecular formula is C24H29N7OS. The maximum absolute atomic E-state index is 9.89. The van der Waals surface area contributed by atoms with Crippen molar-refractivity contribution in [1.29, 1.82) is 5.26 Å². The third-order valence-corrected chi connectivity index (χ3v) is 6.56. The molecule has 0 atom stereocenters. The molecule has 0 amide bonds. The third-order valence-electron chi connectivity index (χ3n) is 5.17. The Morgan fingerprint density at radius 2 is 2.00 bits per heavy atom. The highest BCUT2D eigenvalue weighted by molar-refractivity contribution is 8.32. The highest BCUT2D eigenvalue weighted by atomic mass is 32.3. The second-order valence-corrected chi connectivity index (χ2v) is 13.6. The van der Waals surface area contributed by atoms with E-state index in [9.17, 15) is 5.26 Å². The second-order valence-electron chi connectivity index (χ2n) is 8.96. The predicted molar refractivity (Wildman–Crippen MR) is 135 cm³/mol. The first-order chi connectivity index (χ1) is 15.7. The van der Waals surface area contributed by atoms with E-state index >= 15 is 0 Å². The fourth-order valence-electron chi connectivity index (χ4n) is 3.55. The van der Waals surface area contributed by atoms with Crippen molar-refractivity contribution in [3.05, 3.63) is 54.1 Å². The summed E-state index contributed by atoms with van der Waals surface area (Å²) < 4.78 is 9.61. The SMILES string of the molecule is Cc1cncc(-c2cc(Nc3ccn(C)n3)nc3c2c(C#N)cn3COCCS(C)(C)C)c1. The number of nitrogens with one attached hydrogen (secondary N) is 1. The predicted octanol–water partition coefficient (Wildman–Crippen LogP) is 4.42. The van der Waals surface area contributed by atoms with E-state index < -0.39 is 10.0 Å². The van der Waals surface area contributed by atoms with Gasteiger partial charge in [0.2, 0.25) is 0 Å². The number of pyridine rings is 2. The van der Waals surface area contributed by atoms with Gasteiger partial charge >= 0.3 is 0 Å². The van der Waals surface area contributed by atoms with Gasteiger partial charge in [0.15, 0.2) is 5.82 Å². The lowest BCUT2D eigenvalue weighted by atomic mass is 10.0. The van der Waals surface area contributed by atoms with Crippen LogP contribution in [0.5, 0.6) is 0 Å². The number of aromatic nitrogens is 5. The molecular weight excluding hydrogens is 434 g/mol. The highest BCUT2D eigenvalue weighted by Gasteiger charge is 2.18. The van der Waals surface area contributed by atoms with Crippen LogP contribution < -0.4 is 5.32 Å². The summed E-state index contributed by atoms with van der Waals surface area (Å²) in [5.41, 5.74) is 4.11. The van der Waals surface area contributed by atoms with Gasteiger partial charge in [-0.25, -0.2) is 15.0 Å². The molecule has 0 saturated heterocycles. The van der Waals surface area contributed by atoms with Crippen LogP contribution >= 0.6 is 10.0 Å². The van der Waals surface area contributed by atoms with E-state index in [1.165, 1.54) is 0 Å². The van der Waals surface area contributed by atoms with E-state index in [2.05, 4.69) is 46.3 Å². The van der Waals surface area contributed by atoms with E-state index in [1.54, 1.807) is 4.68 Å². The van der Waals surface area contributed by atoms with Crippen LogP contribution in [0.4, 0.5) is 11.6 Å². The van der Waals surface area contributed by atoms with Crippen molar-refractivity contribution in [3.63, 3.8) is 0 Å². The molecule has 33 heavy (non-hydrogen) atoms. The lowest BCUT2D eigenvalue weighted by molar-refractivity contribution is 0.0923. The summed E-state index contributed by atoms with van der Waals surface area (Å²) in [4.78, 5) is 9.20. The zero-order valence-corrected chi connectivity index (χ0v) is 20.5. The van der Waals surface area contributed by atoms with Crippen LogP contribution in [0.3, 0.4) is 0 Å². The topological polar surface area (TPSA) is 93.6 Å². The van der Waals surface area contributed by atoms with E-state index in [4.69, 9.17) is 9.72 Å². The smallest absolute Gasteiger partial charge is 0.153 e. The van der Waals surface area contributed by atoms with Crippen molar-refractivity contribution in [2.75, 3.05) is 36.4 Å². The first-order valence-corrected chi connectivity index (χ1v) is 13.6. The first-order valence-electron chi connectivity index (χ1n) is 10.6. The number of nitriles is 1. The summed E-state index contributed by atoms with van der Waals surface area (Å²) in [7, 11) is 1.23. The van der Waals surface area contributed by atoms with Gasteiger partial charge in [-0.05, 0) is 49.0 Å². The normalized spacial score (nSPS) is 12.1. The fraction of sp³-hybridized carbons (Fsp3) is 0.333. The summed E-state index contributed by atoms with van der Waals surface area (Å²) in [5.74, 6) is 2.36.